The van der Waals surface area contributed by atoms with Gasteiger partial charge in [-0.05, 0) is 55.7 Å². The molecule has 0 radical (unpaired) electrons. The standard InChI is InChI=1S/C18H21NO5S/c1-23-14-5-8-16(9-6-14)25(21,22)13-15-7-10-17(24-15)18(20)19-11-3-2-4-12-19/h5-10H,2-4,11-13H2,1H3. The molecule has 1 aliphatic rings. The highest BCUT2D eigenvalue weighted by Crippen LogP contribution is 2.22. The topological polar surface area (TPSA) is 76.8 Å². The Bertz CT molecular complexity index is 833. The van der Waals surface area contributed by atoms with Crippen LogP contribution < -0.4 is 4.74 Å². The molecule has 0 spiro atoms. The van der Waals surface area contributed by atoms with Gasteiger partial charge >= 0.3 is 0 Å². The van der Waals surface area contributed by atoms with E-state index in [9.17, 15) is 13.2 Å². The molecule has 7 heteroatoms. The number of hydrogen-bond donors (Lipinski definition) is 0. The summed E-state index contributed by atoms with van der Waals surface area (Å²) in [4.78, 5) is 14.3. The Labute approximate surface area is 147 Å². The van der Waals surface area contributed by atoms with Crippen molar-refractivity contribution in [3.63, 3.8) is 0 Å². The molecule has 134 valence electrons. The molecule has 1 fully saturated rings. The molecule has 1 aliphatic heterocycles. The van der Waals surface area contributed by atoms with Gasteiger partial charge in [-0.3, -0.25) is 4.79 Å². The Morgan fingerprint density at radius 3 is 2.40 bits per heavy atom. The van der Waals surface area contributed by atoms with Crippen LogP contribution >= 0.6 is 0 Å². The van der Waals surface area contributed by atoms with Crippen molar-refractivity contribution in [2.75, 3.05) is 20.2 Å². The second-order valence-electron chi connectivity index (χ2n) is 6.05. The Kier molecular flexibility index (Phi) is 5.13. The molecule has 3 rings (SSSR count). The van der Waals surface area contributed by atoms with E-state index in [1.807, 2.05) is 0 Å². The summed E-state index contributed by atoms with van der Waals surface area (Å²) in [5, 5.41) is 0. The van der Waals surface area contributed by atoms with E-state index in [-0.39, 0.29) is 28.1 Å². The number of ether oxygens (including phenoxy) is 1. The molecule has 6 nitrogen and oxygen atoms in total. The Morgan fingerprint density at radius 1 is 1.08 bits per heavy atom. The van der Waals surface area contributed by atoms with Gasteiger partial charge in [0.1, 0.15) is 17.3 Å². The lowest BCUT2D eigenvalue weighted by Gasteiger charge is -2.25. The first-order valence-electron chi connectivity index (χ1n) is 8.24. The second-order valence-corrected chi connectivity index (χ2v) is 8.04. The maximum atomic E-state index is 12.5. The van der Waals surface area contributed by atoms with Gasteiger partial charge in [0.25, 0.3) is 5.91 Å². The lowest BCUT2D eigenvalue weighted by atomic mass is 10.1. The predicted molar refractivity (Wildman–Crippen MR) is 92.3 cm³/mol. The molecule has 1 amide bonds. The maximum absolute atomic E-state index is 12.5. The first-order chi connectivity index (χ1) is 12.0. The number of benzene rings is 1. The summed E-state index contributed by atoms with van der Waals surface area (Å²) in [6.45, 7) is 1.44. The molecule has 0 saturated carbocycles. The fourth-order valence-corrected chi connectivity index (χ4v) is 4.12. The molecule has 1 saturated heterocycles. The lowest BCUT2D eigenvalue weighted by molar-refractivity contribution is 0.0690. The molecule has 2 heterocycles. The van der Waals surface area contributed by atoms with E-state index in [0.717, 1.165) is 32.4 Å². The van der Waals surface area contributed by atoms with E-state index in [2.05, 4.69) is 0 Å². The molecule has 0 aliphatic carbocycles. The normalized spacial score (nSPS) is 15.2. The van der Waals surface area contributed by atoms with Crippen LogP contribution in [0.15, 0.2) is 45.7 Å². The van der Waals surface area contributed by atoms with Gasteiger partial charge in [-0.2, -0.15) is 0 Å². The van der Waals surface area contributed by atoms with E-state index >= 15 is 0 Å². The van der Waals surface area contributed by atoms with E-state index in [4.69, 9.17) is 9.15 Å². The van der Waals surface area contributed by atoms with Crippen molar-refractivity contribution >= 4 is 15.7 Å². The van der Waals surface area contributed by atoms with Crippen LogP contribution in [0.3, 0.4) is 0 Å². The number of amides is 1. The van der Waals surface area contributed by atoms with Crippen LogP contribution in [0.2, 0.25) is 0 Å². The number of methoxy groups -OCH3 is 1. The van der Waals surface area contributed by atoms with Gasteiger partial charge < -0.3 is 14.1 Å². The van der Waals surface area contributed by atoms with Crippen LogP contribution in [0.25, 0.3) is 0 Å². The number of piperidine rings is 1. The van der Waals surface area contributed by atoms with Gasteiger partial charge in [-0.15, -0.1) is 0 Å². The summed E-state index contributed by atoms with van der Waals surface area (Å²) < 4.78 is 35.5. The Morgan fingerprint density at radius 2 is 1.76 bits per heavy atom. The fraction of sp³-hybridized carbons (Fsp3) is 0.389. The van der Waals surface area contributed by atoms with Crippen molar-refractivity contribution in [2.24, 2.45) is 0 Å². The van der Waals surface area contributed by atoms with Gasteiger partial charge in [0, 0.05) is 13.1 Å². The van der Waals surface area contributed by atoms with E-state index < -0.39 is 9.84 Å². The van der Waals surface area contributed by atoms with E-state index in [0.29, 0.717) is 5.75 Å². The average molecular weight is 363 g/mol. The predicted octanol–water partition coefficient (Wildman–Crippen LogP) is 2.89. The van der Waals surface area contributed by atoms with Crippen LogP contribution in [-0.4, -0.2) is 39.4 Å². The van der Waals surface area contributed by atoms with Gasteiger partial charge in [0.2, 0.25) is 0 Å². The summed E-state index contributed by atoms with van der Waals surface area (Å²) in [5.41, 5.74) is 0. The first kappa shape index (κ1) is 17.5. The summed E-state index contributed by atoms with van der Waals surface area (Å²) in [5.74, 6) is 0.587. The van der Waals surface area contributed by atoms with Crippen LogP contribution in [0, 0.1) is 0 Å². The summed E-state index contributed by atoms with van der Waals surface area (Å²) >= 11 is 0. The van der Waals surface area contributed by atoms with Crippen molar-refractivity contribution in [2.45, 2.75) is 29.9 Å². The third kappa shape index (κ3) is 4.04. The number of carbonyl (C=O) groups excluding carboxylic acids is 1. The third-order valence-electron chi connectivity index (χ3n) is 4.27. The highest BCUT2D eigenvalue weighted by atomic mass is 32.2. The minimum atomic E-state index is -3.55. The van der Waals surface area contributed by atoms with Crippen LogP contribution in [0.4, 0.5) is 0 Å². The molecule has 0 unspecified atom stereocenters. The third-order valence-corrected chi connectivity index (χ3v) is 5.92. The van der Waals surface area contributed by atoms with Crippen molar-refractivity contribution in [1.29, 1.82) is 0 Å². The molecule has 25 heavy (non-hydrogen) atoms. The van der Waals surface area contributed by atoms with E-state index in [1.165, 1.54) is 19.2 Å². The average Bonchev–Trinajstić information content (AvgIpc) is 3.09. The fourth-order valence-electron chi connectivity index (χ4n) is 2.88. The monoisotopic (exact) mass is 363 g/mol. The summed E-state index contributed by atoms with van der Waals surface area (Å²) in [7, 11) is -2.03. The quantitative estimate of drug-likeness (QED) is 0.816. The van der Waals surface area contributed by atoms with Crippen molar-refractivity contribution in [1.82, 2.24) is 4.90 Å². The number of nitrogens with zero attached hydrogens (tertiary/aromatic N) is 1. The molecule has 2 aromatic rings. The molecule has 0 atom stereocenters. The minimum Gasteiger partial charge on any atom is -0.497 e. The van der Waals surface area contributed by atoms with Crippen molar-refractivity contribution in [3.8, 4) is 5.75 Å². The molecular formula is C18H21NO5S. The van der Waals surface area contributed by atoms with Crippen LogP contribution in [-0.2, 0) is 15.6 Å². The van der Waals surface area contributed by atoms with Gasteiger partial charge in [-0.25, -0.2) is 8.42 Å². The maximum Gasteiger partial charge on any atom is 0.289 e. The number of likely N-dealkylation sites (tertiary alicyclic amines) is 1. The van der Waals surface area contributed by atoms with Gasteiger partial charge in [0.15, 0.2) is 15.6 Å². The highest BCUT2D eigenvalue weighted by molar-refractivity contribution is 7.90. The largest absolute Gasteiger partial charge is 0.497 e. The molecule has 0 N–H and O–H groups in total. The molecule has 1 aromatic carbocycles. The number of furan rings is 1. The smallest absolute Gasteiger partial charge is 0.289 e. The van der Waals surface area contributed by atoms with Crippen LogP contribution in [0.5, 0.6) is 5.75 Å². The van der Waals surface area contributed by atoms with Gasteiger partial charge in [0.05, 0.1) is 12.0 Å². The van der Waals surface area contributed by atoms with Crippen molar-refractivity contribution < 1.29 is 22.4 Å². The number of hydrogen-bond acceptors (Lipinski definition) is 5. The lowest BCUT2D eigenvalue weighted by Crippen LogP contribution is -2.35. The Balaban J connectivity index is 1.72. The SMILES string of the molecule is COc1ccc(S(=O)(=O)Cc2ccc(C(=O)N3CCCCC3)o2)cc1. The zero-order chi connectivity index (χ0) is 17.9. The number of sulfone groups is 1. The van der Waals surface area contributed by atoms with E-state index in [1.54, 1.807) is 29.2 Å². The minimum absolute atomic E-state index is 0.173. The zero-order valence-corrected chi connectivity index (χ0v) is 14.9. The highest BCUT2D eigenvalue weighted by Gasteiger charge is 2.23. The van der Waals surface area contributed by atoms with Gasteiger partial charge in [-0.1, -0.05) is 0 Å². The molecular weight excluding hydrogens is 342 g/mol. The molecule has 1 aromatic heterocycles. The first-order valence-corrected chi connectivity index (χ1v) is 9.89. The molecule has 0 bridgehead atoms. The number of rotatable bonds is 5. The van der Waals surface area contributed by atoms with Crippen molar-refractivity contribution in [3.05, 3.63) is 47.9 Å². The second kappa shape index (κ2) is 7.31. The Hall–Kier alpha value is -2.28. The summed E-state index contributed by atoms with van der Waals surface area (Å²) in [6.07, 6.45) is 3.11. The summed E-state index contributed by atoms with van der Waals surface area (Å²) in [6, 6.07) is 9.29. The zero-order valence-electron chi connectivity index (χ0n) is 14.1. The number of carbonyl (C=O) groups is 1. The van der Waals surface area contributed by atoms with Crippen LogP contribution in [0.1, 0.15) is 35.6 Å².